The summed E-state index contributed by atoms with van der Waals surface area (Å²) in [6.07, 6.45) is 4.41. The summed E-state index contributed by atoms with van der Waals surface area (Å²) in [6.45, 7) is 4.66. The van der Waals surface area contributed by atoms with Gasteiger partial charge in [0.2, 0.25) is 0 Å². The van der Waals surface area contributed by atoms with Gasteiger partial charge in [0.15, 0.2) is 15.7 Å². The number of nitrogens with two attached hydrogens (primary N) is 1. The molecule has 0 saturated heterocycles. The lowest BCUT2D eigenvalue weighted by Gasteiger charge is -2.23. The van der Waals surface area contributed by atoms with Gasteiger partial charge in [0.05, 0.1) is 5.75 Å². The van der Waals surface area contributed by atoms with E-state index in [1.165, 1.54) is 11.5 Å². The van der Waals surface area contributed by atoms with Crippen LogP contribution in [0.3, 0.4) is 0 Å². The Kier molecular flexibility index (Phi) is 4.35. The molecule has 7 heteroatoms. The molecule has 0 atom stereocenters. The van der Waals surface area contributed by atoms with Gasteiger partial charge in [0.25, 0.3) is 0 Å². The fraction of sp³-hybridized carbons (Fsp3) is 0.750. The van der Waals surface area contributed by atoms with Crippen LogP contribution in [0.5, 0.6) is 0 Å². The molecular weight excluding hydrogens is 282 g/mol. The average Bonchev–Trinajstić information content (AvgIpc) is 3.13. The van der Waals surface area contributed by atoms with Crippen LogP contribution in [0.4, 0.5) is 10.8 Å². The highest BCUT2D eigenvalue weighted by Gasteiger charge is 2.35. The van der Waals surface area contributed by atoms with Gasteiger partial charge in [-0.25, -0.2) is 8.42 Å². The van der Waals surface area contributed by atoms with Crippen molar-refractivity contribution in [1.82, 2.24) is 4.37 Å². The first-order chi connectivity index (χ1) is 9.01. The van der Waals surface area contributed by atoms with E-state index in [4.69, 9.17) is 5.73 Å². The van der Waals surface area contributed by atoms with E-state index in [0.717, 1.165) is 37.2 Å². The van der Waals surface area contributed by atoms with E-state index < -0.39 is 9.84 Å². The fourth-order valence-corrected chi connectivity index (χ4v) is 4.46. The maximum Gasteiger partial charge on any atom is 0.184 e. The first-order valence-electron chi connectivity index (χ1n) is 6.75. The van der Waals surface area contributed by atoms with E-state index in [2.05, 4.69) is 16.2 Å². The summed E-state index contributed by atoms with van der Waals surface area (Å²) in [5.74, 6) is 0.221. The highest BCUT2D eigenvalue weighted by Crippen LogP contribution is 2.41. The van der Waals surface area contributed by atoms with Crippen molar-refractivity contribution in [2.45, 2.75) is 50.5 Å². The van der Waals surface area contributed by atoms with E-state index in [1.807, 2.05) is 0 Å². The molecule has 1 saturated carbocycles. The van der Waals surface area contributed by atoms with Crippen LogP contribution in [0.2, 0.25) is 0 Å². The lowest BCUT2D eigenvalue weighted by Crippen LogP contribution is -2.27. The van der Waals surface area contributed by atoms with Crippen molar-refractivity contribution in [3.63, 3.8) is 0 Å². The van der Waals surface area contributed by atoms with Crippen molar-refractivity contribution in [3.8, 4) is 0 Å². The minimum absolute atomic E-state index is 0.0644. The maximum atomic E-state index is 12.2. The van der Waals surface area contributed by atoms with E-state index >= 15 is 0 Å². The maximum absolute atomic E-state index is 12.2. The molecule has 1 heterocycles. The Morgan fingerprint density at radius 1 is 1.42 bits per heavy atom. The predicted molar refractivity (Wildman–Crippen MR) is 79.5 cm³/mol. The van der Waals surface area contributed by atoms with E-state index in [1.54, 1.807) is 6.92 Å². The molecule has 2 N–H and O–H groups in total. The van der Waals surface area contributed by atoms with E-state index in [9.17, 15) is 8.42 Å². The fourth-order valence-electron chi connectivity index (χ4n) is 2.07. The molecule has 0 spiro atoms. The molecule has 0 aliphatic heterocycles. The number of aromatic nitrogens is 1. The molecular formula is C12H21N3O2S2. The summed E-state index contributed by atoms with van der Waals surface area (Å²) in [7, 11) is -3.31. The summed E-state index contributed by atoms with van der Waals surface area (Å²) in [4.78, 5) is 2.45. The molecule has 0 unspecified atom stereocenters. The summed E-state index contributed by atoms with van der Waals surface area (Å²) in [6, 6.07) is 0.470. The van der Waals surface area contributed by atoms with Gasteiger partial charge in [-0.05, 0) is 30.8 Å². The topological polar surface area (TPSA) is 76.3 Å². The molecule has 19 heavy (non-hydrogen) atoms. The zero-order chi connectivity index (χ0) is 14.0. The molecule has 1 aromatic heterocycles. The molecule has 1 aliphatic rings. The normalized spacial score (nSPS) is 15.7. The zero-order valence-corrected chi connectivity index (χ0v) is 13.1. The third-order valence-corrected chi connectivity index (χ3v) is 6.16. The lowest BCUT2D eigenvalue weighted by atomic mass is 10.3. The second-order valence-corrected chi connectivity index (χ2v) is 7.85. The van der Waals surface area contributed by atoms with Crippen LogP contribution in [0, 0.1) is 0 Å². The largest absolute Gasteiger partial charge is 0.382 e. The molecule has 5 nitrogen and oxygen atoms in total. The Hall–Kier alpha value is -0.820. The number of hydrogen-bond acceptors (Lipinski definition) is 6. The molecule has 1 aromatic rings. The second-order valence-electron chi connectivity index (χ2n) is 4.88. The Labute approximate surface area is 118 Å². The van der Waals surface area contributed by atoms with Crippen molar-refractivity contribution in [2.75, 3.05) is 22.9 Å². The van der Waals surface area contributed by atoms with Crippen molar-refractivity contribution >= 4 is 32.2 Å². The van der Waals surface area contributed by atoms with Crippen LogP contribution in [0.25, 0.3) is 0 Å². The second kappa shape index (κ2) is 5.66. The van der Waals surface area contributed by atoms with Crippen molar-refractivity contribution < 1.29 is 8.42 Å². The van der Waals surface area contributed by atoms with Gasteiger partial charge < -0.3 is 10.6 Å². The Bertz CT molecular complexity index is 535. The van der Waals surface area contributed by atoms with Crippen LogP contribution in [0.1, 0.15) is 39.5 Å². The summed E-state index contributed by atoms with van der Waals surface area (Å²) >= 11 is 1.22. The standard InChI is InChI=1S/C12H21N3O2S2/c1-3-5-8-15(9-6-7-9)12-10(11(13)14-18-12)19(16,17)4-2/h9H,3-8H2,1-2H3,(H2,13,14). The van der Waals surface area contributed by atoms with Gasteiger partial charge in [0.1, 0.15) is 9.90 Å². The molecule has 1 aliphatic carbocycles. The van der Waals surface area contributed by atoms with Gasteiger partial charge >= 0.3 is 0 Å². The van der Waals surface area contributed by atoms with Crippen molar-refractivity contribution in [3.05, 3.63) is 0 Å². The van der Waals surface area contributed by atoms with Crippen LogP contribution in [-0.2, 0) is 9.84 Å². The van der Waals surface area contributed by atoms with Gasteiger partial charge in [-0.15, -0.1) is 0 Å². The minimum Gasteiger partial charge on any atom is -0.382 e. The van der Waals surface area contributed by atoms with Crippen LogP contribution >= 0.6 is 11.5 Å². The summed E-state index contributed by atoms with van der Waals surface area (Å²) < 4.78 is 28.4. The number of unbranched alkanes of at least 4 members (excludes halogenated alkanes) is 1. The number of nitrogen functional groups attached to an aromatic ring is 1. The van der Waals surface area contributed by atoms with Gasteiger partial charge in [-0.1, -0.05) is 20.3 Å². The minimum atomic E-state index is -3.31. The predicted octanol–water partition coefficient (Wildman–Crippen LogP) is 2.29. The summed E-state index contributed by atoms with van der Waals surface area (Å²) in [5, 5.41) is 0.746. The Morgan fingerprint density at radius 2 is 2.11 bits per heavy atom. The Morgan fingerprint density at radius 3 is 2.63 bits per heavy atom. The number of hydrogen-bond donors (Lipinski definition) is 1. The van der Waals surface area contributed by atoms with Crippen LogP contribution < -0.4 is 10.6 Å². The first kappa shape index (κ1) is 14.6. The van der Waals surface area contributed by atoms with Gasteiger partial charge in [-0.3, -0.25) is 0 Å². The highest BCUT2D eigenvalue weighted by atomic mass is 32.2. The smallest absolute Gasteiger partial charge is 0.184 e. The third kappa shape index (κ3) is 3.02. The van der Waals surface area contributed by atoms with Gasteiger partial charge in [-0.2, -0.15) is 4.37 Å². The van der Waals surface area contributed by atoms with Crippen molar-refractivity contribution in [1.29, 1.82) is 0 Å². The highest BCUT2D eigenvalue weighted by molar-refractivity contribution is 7.91. The lowest BCUT2D eigenvalue weighted by molar-refractivity contribution is 0.597. The first-order valence-corrected chi connectivity index (χ1v) is 9.18. The van der Waals surface area contributed by atoms with Crippen LogP contribution in [-0.4, -0.2) is 31.1 Å². The Balaban J connectivity index is 2.37. The molecule has 108 valence electrons. The van der Waals surface area contributed by atoms with Crippen molar-refractivity contribution in [2.24, 2.45) is 0 Å². The van der Waals surface area contributed by atoms with Crippen LogP contribution in [0.15, 0.2) is 4.90 Å². The average molecular weight is 303 g/mol. The molecule has 1 fully saturated rings. The van der Waals surface area contributed by atoms with E-state index in [0.29, 0.717) is 6.04 Å². The quantitative estimate of drug-likeness (QED) is 0.836. The third-order valence-electron chi connectivity index (χ3n) is 3.35. The zero-order valence-electron chi connectivity index (χ0n) is 11.4. The SMILES string of the molecule is CCCCN(c1snc(N)c1S(=O)(=O)CC)C1CC1. The monoisotopic (exact) mass is 303 g/mol. The molecule has 0 aromatic carbocycles. The molecule has 2 rings (SSSR count). The van der Waals surface area contributed by atoms with E-state index in [-0.39, 0.29) is 16.5 Å². The number of nitrogens with zero attached hydrogens (tertiary/aromatic N) is 2. The number of anilines is 2. The summed E-state index contributed by atoms with van der Waals surface area (Å²) in [5.41, 5.74) is 5.78. The number of sulfone groups is 1. The molecule has 0 bridgehead atoms. The molecule has 0 radical (unpaired) electrons. The molecule has 0 amide bonds. The number of rotatable bonds is 7. The van der Waals surface area contributed by atoms with Gasteiger partial charge in [0, 0.05) is 12.6 Å².